The molecular formula is C13H15F3O3. The van der Waals surface area contributed by atoms with Gasteiger partial charge in [-0.05, 0) is 25.5 Å². The average molecular weight is 276 g/mol. The molecule has 6 heteroatoms. The quantitative estimate of drug-likeness (QED) is 0.321. The van der Waals surface area contributed by atoms with E-state index >= 15 is 0 Å². The topological polar surface area (TPSA) is 35.5 Å². The Morgan fingerprint density at radius 2 is 2.00 bits per heavy atom. The van der Waals surface area contributed by atoms with Crippen molar-refractivity contribution in [2.45, 2.75) is 19.7 Å². The summed E-state index contributed by atoms with van der Waals surface area (Å²) in [7, 11) is 1.24. The van der Waals surface area contributed by atoms with Crippen LogP contribution in [-0.4, -0.2) is 19.4 Å². The van der Waals surface area contributed by atoms with E-state index in [0.29, 0.717) is 12.0 Å². The van der Waals surface area contributed by atoms with Crippen LogP contribution >= 0.6 is 0 Å². The van der Waals surface area contributed by atoms with Crippen LogP contribution in [0.3, 0.4) is 0 Å². The van der Waals surface area contributed by atoms with Crippen LogP contribution in [0.25, 0.3) is 0 Å². The normalized spacial score (nSPS) is 13.5. The zero-order valence-electron chi connectivity index (χ0n) is 10.7. The van der Waals surface area contributed by atoms with Crippen molar-refractivity contribution < 1.29 is 27.4 Å². The molecule has 0 atom stereocenters. The maximum absolute atomic E-state index is 12.0. The van der Waals surface area contributed by atoms with E-state index < -0.39 is 12.3 Å². The highest BCUT2D eigenvalue weighted by Crippen LogP contribution is 2.21. The third kappa shape index (κ3) is 9.70. The van der Waals surface area contributed by atoms with Crippen LogP contribution < -0.4 is 0 Å². The summed E-state index contributed by atoms with van der Waals surface area (Å²) in [5.41, 5.74) is 0.646. The van der Waals surface area contributed by atoms with Crippen LogP contribution in [0.5, 0.6) is 0 Å². The third-order valence-electron chi connectivity index (χ3n) is 1.80. The van der Waals surface area contributed by atoms with E-state index in [9.17, 15) is 18.0 Å². The zero-order valence-corrected chi connectivity index (χ0v) is 10.7. The first kappa shape index (κ1) is 17.0. The number of alkyl halides is 3. The summed E-state index contributed by atoms with van der Waals surface area (Å²) in [6, 6.07) is 0. The first-order valence-electron chi connectivity index (χ1n) is 5.28. The molecule has 0 N–H and O–H groups in total. The second-order valence-electron chi connectivity index (χ2n) is 3.47. The van der Waals surface area contributed by atoms with Gasteiger partial charge in [-0.3, -0.25) is 0 Å². The van der Waals surface area contributed by atoms with Crippen molar-refractivity contribution in [3.63, 3.8) is 0 Å². The number of ether oxygens (including phenoxy) is 2. The Morgan fingerprint density at radius 3 is 2.47 bits per heavy atom. The molecule has 0 aliphatic rings. The van der Waals surface area contributed by atoms with Gasteiger partial charge in [0.1, 0.15) is 5.76 Å². The molecule has 0 unspecified atom stereocenters. The lowest BCUT2D eigenvalue weighted by Crippen LogP contribution is -2.11. The van der Waals surface area contributed by atoms with Gasteiger partial charge in [-0.25, -0.2) is 4.79 Å². The number of hydrogen-bond acceptors (Lipinski definition) is 3. The number of allylic oxidation sites excluding steroid dienone is 5. The number of carbonyl (C=O) groups is 1. The van der Waals surface area contributed by atoms with Crippen LogP contribution in [0.15, 0.2) is 48.3 Å². The number of carbonyl (C=O) groups excluding carboxylic acids is 1. The van der Waals surface area contributed by atoms with Crippen LogP contribution in [-0.2, 0) is 14.3 Å². The monoisotopic (exact) mass is 276 g/mol. The molecule has 0 aliphatic carbocycles. The average Bonchev–Trinajstić information content (AvgIpc) is 2.26. The van der Waals surface area contributed by atoms with Gasteiger partial charge in [-0.1, -0.05) is 24.3 Å². The molecule has 3 nitrogen and oxygen atoms in total. The summed E-state index contributed by atoms with van der Waals surface area (Å²) in [5, 5.41) is 0. The van der Waals surface area contributed by atoms with Crippen molar-refractivity contribution >= 4 is 5.97 Å². The van der Waals surface area contributed by atoms with E-state index in [1.54, 1.807) is 6.92 Å². The minimum Gasteiger partial charge on any atom is -0.466 e. The molecule has 0 aromatic heterocycles. The molecule has 0 radical (unpaired) electrons. The molecule has 19 heavy (non-hydrogen) atoms. The standard InChI is InChI=1S/C13H15F3O3/c1-4-6-11(19-13(14,15)16)8-5-7-10(2)9-12(17)18-3/h4-6,8-9H,1,7H2,2-3H3/b8-5-,10-9+,11-6+. The number of rotatable bonds is 6. The molecule has 0 saturated carbocycles. The lowest BCUT2D eigenvalue weighted by atomic mass is 10.2. The number of halogens is 3. The first-order chi connectivity index (χ1) is 8.78. The van der Waals surface area contributed by atoms with Crippen molar-refractivity contribution in [1.82, 2.24) is 0 Å². The second kappa shape index (κ2) is 8.18. The Kier molecular flexibility index (Phi) is 7.33. The van der Waals surface area contributed by atoms with E-state index in [1.807, 2.05) is 0 Å². The van der Waals surface area contributed by atoms with Crippen LogP contribution in [0.4, 0.5) is 13.2 Å². The summed E-state index contributed by atoms with van der Waals surface area (Å²) in [6.45, 7) is 4.95. The smallest absolute Gasteiger partial charge is 0.466 e. The van der Waals surface area contributed by atoms with Gasteiger partial charge in [-0.2, -0.15) is 0 Å². The molecule has 0 heterocycles. The van der Waals surface area contributed by atoms with Gasteiger partial charge in [0.15, 0.2) is 0 Å². The largest absolute Gasteiger partial charge is 0.573 e. The Balaban J connectivity index is 4.58. The summed E-state index contributed by atoms with van der Waals surface area (Å²) in [4.78, 5) is 10.9. The van der Waals surface area contributed by atoms with E-state index in [0.717, 1.165) is 12.2 Å². The van der Waals surface area contributed by atoms with Crippen molar-refractivity contribution in [3.8, 4) is 0 Å². The molecule has 0 fully saturated rings. The summed E-state index contributed by atoms with van der Waals surface area (Å²) >= 11 is 0. The fourth-order valence-corrected chi connectivity index (χ4v) is 1.05. The van der Waals surface area contributed by atoms with Gasteiger partial charge in [0, 0.05) is 6.08 Å². The molecular weight excluding hydrogens is 261 g/mol. The number of hydrogen-bond donors (Lipinski definition) is 0. The highest BCUT2D eigenvalue weighted by atomic mass is 19.4. The van der Waals surface area contributed by atoms with Crippen molar-refractivity contribution in [2.75, 3.05) is 7.11 Å². The van der Waals surface area contributed by atoms with Crippen molar-refractivity contribution in [3.05, 3.63) is 48.3 Å². The fraction of sp³-hybridized carbons (Fsp3) is 0.308. The Hall–Kier alpha value is -1.98. The minimum absolute atomic E-state index is 0.296. The highest BCUT2D eigenvalue weighted by molar-refractivity contribution is 5.82. The van der Waals surface area contributed by atoms with Gasteiger partial charge in [-0.15, -0.1) is 13.2 Å². The lowest BCUT2D eigenvalue weighted by molar-refractivity contribution is -0.303. The lowest BCUT2D eigenvalue weighted by Gasteiger charge is -2.08. The van der Waals surface area contributed by atoms with Crippen LogP contribution in [0.2, 0.25) is 0 Å². The Bertz CT molecular complexity index is 404. The molecule has 106 valence electrons. The molecule has 0 bridgehead atoms. The van der Waals surface area contributed by atoms with Crippen molar-refractivity contribution in [1.29, 1.82) is 0 Å². The van der Waals surface area contributed by atoms with Gasteiger partial charge in [0.25, 0.3) is 0 Å². The van der Waals surface area contributed by atoms with E-state index in [2.05, 4.69) is 16.1 Å². The predicted molar refractivity (Wildman–Crippen MR) is 65.0 cm³/mol. The molecule has 0 amide bonds. The van der Waals surface area contributed by atoms with Gasteiger partial charge < -0.3 is 9.47 Å². The van der Waals surface area contributed by atoms with Gasteiger partial charge in [0.05, 0.1) is 7.11 Å². The predicted octanol–water partition coefficient (Wildman–Crippen LogP) is 3.66. The Labute approximate surface area is 109 Å². The molecule has 0 aliphatic heterocycles. The minimum atomic E-state index is -4.75. The number of esters is 1. The second-order valence-corrected chi connectivity index (χ2v) is 3.47. The summed E-state index contributed by atoms with van der Waals surface area (Å²) in [5.74, 6) is -0.896. The molecule has 0 aromatic carbocycles. The van der Waals surface area contributed by atoms with Crippen molar-refractivity contribution in [2.24, 2.45) is 0 Å². The fourth-order valence-electron chi connectivity index (χ4n) is 1.05. The first-order valence-corrected chi connectivity index (χ1v) is 5.28. The van der Waals surface area contributed by atoms with E-state index in [4.69, 9.17) is 0 Å². The van der Waals surface area contributed by atoms with E-state index in [-0.39, 0.29) is 5.76 Å². The SMILES string of the molecule is C=C/C=C(\C=C/C/C(C)=C/C(=O)OC)OC(F)(F)F. The summed E-state index contributed by atoms with van der Waals surface area (Å²) in [6.07, 6.45) is 1.66. The zero-order chi connectivity index (χ0) is 14.9. The van der Waals surface area contributed by atoms with E-state index in [1.165, 1.54) is 25.3 Å². The van der Waals surface area contributed by atoms with Crippen LogP contribution in [0.1, 0.15) is 13.3 Å². The maximum Gasteiger partial charge on any atom is 0.573 e. The molecule has 0 saturated heterocycles. The molecule has 0 aromatic rings. The molecule has 0 spiro atoms. The maximum atomic E-state index is 12.0. The number of methoxy groups -OCH3 is 1. The van der Waals surface area contributed by atoms with Crippen LogP contribution in [0, 0.1) is 0 Å². The van der Waals surface area contributed by atoms with Gasteiger partial charge >= 0.3 is 12.3 Å². The highest BCUT2D eigenvalue weighted by Gasteiger charge is 2.31. The molecule has 0 rings (SSSR count). The third-order valence-corrected chi connectivity index (χ3v) is 1.80. The Morgan fingerprint density at radius 1 is 1.37 bits per heavy atom. The summed E-state index contributed by atoms with van der Waals surface area (Å²) < 4.78 is 44.3. The van der Waals surface area contributed by atoms with Gasteiger partial charge in [0.2, 0.25) is 0 Å².